The van der Waals surface area contributed by atoms with Crippen LogP contribution < -0.4 is 11.2 Å². The topological polar surface area (TPSA) is 99.2 Å². The summed E-state index contributed by atoms with van der Waals surface area (Å²) in [5.74, 6) is -1.18. The third kappa shape index (κ3) is 2.87. The second kappa shape index (κ2) is 4.38. The number of carbonyl (C=O) groups excluding carboxylic acids is 2. The van der Waals surface area contributed by atoms with Gasteiger partial charge in [0.2, 0.25) is 5.91 Å². The third-order valence-electron chi connectivity index (χ3n) is 1.32. The Morgan fingerprint density at radius 1 is 1.71 bits per heavy atom. The molecular weight excluding hydrogens is 188 g/mol. The van der Waals surface area contributed by atoms with Gasteiger partial charge in [-0.1, -0.05) is 0 Å². The molecule has 1 aromatic rings. The van der Waals surface area contributed by atoms with Gasteiger partial charge in [-0.2, -0.15) is 0 Å². The Morgan fingerprint density at radius 3 is 2.93 bits per heavy atom. The van der Waals surface area contributed by atoms with Crippen LogP contribution in [0.3, 0.4) is 0 Å². The number of hydrogen-bond donors (Lipinski definition) is 2. The molecule has 0 atom stereocenters. The lowest BCUT2D eigenvalue weighted by molar-refractivity contribution is -0.124. The molecule has 0 spiro atoms. The van der Waals surface area contributed by atoms with Crippen LogP contribution in [0.5, 0.6) is 0 Å². The maximum atomic E-state index is 11.2. The Balaban J connectivity index is 2.39. The fraction of sp³-hybridized carbons (Fsp3) is 0.286. The van der Waals surface area contributed by atoms with Crippen LogP contribution in [-0.4, -0.2) is 28.0 Å². The Labute approximate surface area is 79.8 Å². The van der Waals surface area contributed by atoms with Crippen LogP contribution in [0.4, 0.5) is 0 Å². The van der Waals surface area contributed by atoms with Crippen LogP contribution in [0.1, 0.15) is 10.5 Å². The fourth-order valence-corrected chi connectivity index (χ4v) is 0.755. The van der Waals surface area contributed by atoms with E-state index in [1.54, 1.807) is 11.6 Å². The molecule has 1 heterocycles. The number of nitrogens with two attached hydrogens (primary N) is 1. The molecule has 0 saturated carbocycles. The molecule has 0 aliphatic carbocycles. The lowest BCUT2D eigenvalue weighted by Gasteiger charge is -2.00. The highest BCUT2D eigenvalue weighted by Gasteiger charge is 2.08. The molecule has 0 aliphatic heterocycles. The minimum Gasteiger partial charge on any atom is -0.368 e. The zero-order valence-electron chi connectivity index (χ0n) is 7.56. The first-order chi connectivity index (χ1) is 6.59. The summed E-state index contributed by atoms with van der Waals surface area (Å²) in [5, 5.41) is 0. The monoisotopic (exact) mass is 198 g/mol. The lowest BCUT2D eigenvalue weighted by Crippen LogP contribution is -2.29. The summed E-state index contributed by atoms with van der Waals surface area (Å²) in [7, 11) is 1.73. The number of nitrogens with zero attached hydrogens (tertiary/aromatic N) is 2. The number of nitrogens with one attached hydrogen (secondary N) is 1. The average molecular weight is 198 g/mol. The van der Waals surface area contributed by atoms with E-state index in [1.165, 1.54) is 12.5 Å². The first-order valence-corrected chi connectivity index (χ1v) is 3.78. The van der Waals surface area contributed by atoms with E-state index in [0.29, 0.717) is 0 Å². The Bertz CT molecular complexity index is 346. The molecule has 0 fully saturated rings. The zero-order chi connectivity index (χ0) is 10.6. The summed E-state index contributed by atoms with van der Waals surface area (Å²) in [5.41, 5.74) is 7.02. The van der Waals surface area contributed by atoms with Crippen molar-refractivity contribution in [1.82, 2.24) is 15.0 Å². The number of primary amides is 1. The molecule has 0 bridgehead atoms. The SMILES string of the molecule is Cn1cnc(C(=O)NOCC(N)=O)c1. The Morgan fingerprint density at radius 2 is 2.43 bits per heavy atom. The van der Waals surface area contributed by atoms with Gasteiger partial charge in [-0.3, -0.25) is 14.4 Å². The largest absolute Gasteiger partial charge is 0.368 e. The summed E-state index contributed by atoms with van der Waals surface area (Å²) < 4.78 is 1.61. The van der Waals surface area contributed by atoms with Gasteiger partial charge in [0.05, 0.1) is 6.33 Å². The van der Waals surface area contributed by atoms with Crippen LogP contribution in [0, 0.1) is 0 Å². The minimum absolute atomic E-state index is 0.206. The molecule has 0 aromatic carbocycles. The van der Waals surface area contributed by atoms with E-state index >= 15 is 0 Å². The van der Waals surface area contributed by atoms with Gasteiger partial charge in [0, 0.05) is 13.2 Å². The van der Waals surface area contributed by atoms with E-state index in [4.69, 9.17) is 5.73 Å². The molecule has 1 rings (SSSR count). The molecule has 7 heteroatoms. The first kappa shape index (κ1) is 10.2. The Hall–Kier alpha value is -1.89. The third-order valence-corrected chi connectivity index (χ3v) is 1.32. The van der Waals surface area contributed by atoms with Crippen molar-refractivity contribution in [3.8, 4) is 0 Å². The predicted molar refractivity (Wildman–Crippen MR) is 45.8 cm³/mol. The van der Waals surface area contributed by atoms with Gasteiger partial charge in [0.1, 0.15) is 5.69 Å². The highest BCUT2D eigenvalue weighted by atomic mass is 16.7. The molecule has 7 nitrogen and oxygen atoms in total. The fourth-order valence-electron chi connectivity index (χ4n) is 0.755. The number of rotatable bonds is 4. The van der Waals surface area contributed by atoms with Gasteiger partial charge in [0.15, 0.2) is 6.61 Å². The molecule has 0 aliphatic rings. The lowest BCUT2D eigenvalue weighted by atomic mass is 10.5. The van der Waals surface area contributed by atoms with Gasteiger partial charge in [-0.05, 0) is 0 Å². The first-order valence-electron chi connectivity index (χ1n) is 3.78. The molecule has 76 valence electrons. The number of carbonyl (C=O) groups is 2. The second-order valence-corrected chi connectivity index (χ2v) is 2.61. The van der Waals surface area contributed by atoms with Crippen LogP contribution >= 0.6 is 0 Å². The molecule has 1 aromatic heterocycles. The molecule has 14 heavy (non-hydrogen) atoms. The molecule has 0 radical (unpaired) electrons. The maximum absolute atomic E-state index is 11.2. The predicted octanol–water partition coefficient (Wildman–Crippen LogP) is -1.43. The van der Waals surface area contributed by atoms with Gasteiger partial charge in [0.25, 0.3) is 5.91 Å². The normalized spacial score (nSPS) is 9.79. The summed E-state index contributed by atoms with van der Waals surface area (Å²) in [6.45, 7) is -0.363. The van der Waals surface area contributed by atoms with E-state index in [-0.39, 0.29) is 12.3 Å². The highest BCUT2D eigenvalue weighted by molar-refractivity contribution is 5.91. The second-order valence-electron chi connectivity index (χ2n) is 2.61. The van der Waals surface area contributed by atoms with Crippen molar-refractivity contribution in [1.29, 1.82) is 0 Å². The molecule has 0 saturated heterocycles. The molecular formula is C7H10N4O3. The van der Waals surface area contributed by atoms with E-state index in [9.17, 15) is 9.59 Å². The molecule has 3 N–H and O–H groups in total. The van der Waals surface area contributed by atoms with Crippen molar-refractivity contribution in [2.45, 2.75) is 0 Å². The van der Waals surface area contributed by atoms with Crippen molar-refractivity contribution in [3.05, 3.63) is 18.2 Å². The number of imidazole rings is 1. The molecule has 0 unspecified atom stereocenters. The quantitative estimate of drug-likeness (QED) is 0.579. The summed E-state index contributed by atoms with van der Waals surface area (Å²) in [4.78, 5) is 29.7. The molecule has 2 amide bonds. The van der Waals surface area contributed by atoms with Crippen LogP contribution in [-0.2, 0) is 16.7 Å². The van der Waals surface area contributed by atoms with Crippen LogP contribution in [0.25, 0.3) is 0 Å². The standard InChI is InChI=1S/C7H10N4O3/c1-11-2-5(9-4-11)7(13)10-14-3-6(8)12/h2,4H,3H2,1H3,(H2,8,12)(H,10,13). The maximum Gasteiger partial charge on any atom is 0.295 e. The van der Waals surface area contributed by atoms with Gasteiger partial charge in [-0.25, -0.2) is 10.5 Å². The summed E-state index contributed by atoms with van der Waals surface area (Å²) in [6, 6.07) is 0. The van der Waals surface area contributed by atoms with E-state index in [0.717, 1.165) is 0 Å². The summed E-state index contributed by atoms with van der Waals surface area (Å²) >= 11 is 0. The van der Waals surface area contributed by atoms with Crippen LogP contribution in [0.2, 0.25) is 0 Å². The van der Waals surface area contributed by atoms with E-state index in [2.05, 4.69) is 9.82 Å². The number of hydroxylamine groups is 1. The average Bonchev–Trinajstić information content (AvgIpc) is 2.51. The van der Waals surface area contributed by atoms with E-state index in [1.807, 2.05) is 5.48 Å². The van der Waals surface area contributed by atoms with Crippen LogP contribution in [0.15, 0.2) is 12.5 Å². The smallest absolute Gasteiger partial charge is 0.295 e. The van der Waals surface area contributed by atoms with Crippen molar-refractivity contribution in [2.75, 3.05) is 6.61 Å². The highest BCUT2D eigenvalue weighted by Crippen LogP contribution is 1.92. The van der Waals surface area contributed by atoms with Crippen molar-refractivity contribution < 1.29 is 14.4 Å². The zero-order valence-corrected chi connectivity index (χ0v) is 7.56. The van der Waals surface area contributed by atoms with Crippen molar-refractivity contribution in [3.63, 3.8) is 0 Å². The minimum atomic E-state index is -0.661. The van der Waals surface area contributed by atoms with Gasteiger partial charge >= 0.3 is 0 Å². The Kier molecular flexibility index (Phi) is 3.19. The number of aromatic nitrogens is 2. The number of hydrogen-bond acceptors (Lipinski definition) is 4. The van der Waals surface area contributed by atoms with Gasteiger partial charge in [-0.15, -0.1) is 0 Å². The number of aryl methyl sites for hydroxylation is 1. The van der Waals surface area contributed by atoms with E-state index < -0.39 is 11.8 Å². The van der Waals surface area contributed by atoms with Crippen molar-refractivity contribution >= 4 is 11.8 Å². The number of amides is 2. The van der Waals surface area contributed by atoms with Gasteiger partial charge < -0.3 is 10.3 Å². The summed E-state index contributed by atoms with van der Waals surface area (Å²) in [6.07, 6.45) is 2.99. The van der Waals surface area contributed by atoms with Crippen molar-refractivity contribution in [2.24, 2.45) is 12.8 Å².